The standard InChI is InChI=1S/C12H14ClNO6S/c1-7-3-4-10(8(13)5-7)21(18,19)14-9(12(16)17)6-11(15)20-2/h3-5,9,14H,6H2,1-2H3,(H,16,17)/t9-/m0/s1. The zero-order valence-corrected chi connectivity index (χ0v) is 12.9. The van der Waals surface area contributed by atoms with Crippen molar-refractivity contribution in [2.45, 2.75) is 24.3 Å². The van der Waals surface area contributed by atoms with Crippen LogP contribution in [0.2, 0.25) is 5.02 Å². The van der Waals surface area contributed by atoms with Crippen molar-refractivity contribution in [1.29, 1.82) is 0 Å². The number of halogens is 1. The highest BCUT2D eigenvalue weighted by molar-refractivity contribution is 7.89. The number of aryl methyl sites for hydroxylation is 1. The van der Waals surface area contributed by atoms with Crippen LogP contribution in [0.25, 0.3) is 0 Å². The van der Waals surface area contributed by atoms with E-state index in [4.69, 9.17) is 16.7 Å². The lowest BCUT2D eigenvalue weighted by molar-refractivity contribution is -0.147. The second kappa shape index (κ2) is 6.88. The predicted molar refractivity (Wildman–Crippen MR) is 74.6 cm³/mol. The molecule has 21 heavy (non-hydrogen) atoms. The normalized spacial score (nSPS) is 12.7. The van der Waals surface area contributed by atoms with E-state index in [0.29, 0.717) is 0 Å². The van der Waals surface area contributed by atoms with Gasteiger partial charge in [0, 0.05) is 0 Å². The van der Waals surface area contributed by atoms with Crippen LogP contribution in [0.3, 0.4) is 0 Å². The van der Waals surface area contributed by atoms with Gasteiger partial charge in [0.15, 0.2) is 0 Å². The second-order valence-corrected chi connectivity index (χ2v) is 6.32. The van der Waals surface area contributed by atoms with Gasteiger partial charge in [-0.15, -0.1) is 0 Å². The molecule has 0 radical (unpaired) electrons. The van der Waals surface area contributed by atoms with E-state index in [1.165, 1.54) is 18.2 Å². The first-order valence-corrected chi connectivity index (χ1v) is 7.61. The Bertz CT molecular complexity index is 658. The molecule has 0 aliphatic carbocycles. The molecule has 0 saturated heterocycles. The Morgan fingerprint density at radius 1 is 1.43 bits per heavy atom. The fourth-order valence-electron chi connectivity index (χ4n) is 1.50. The molecular formula is C12H14ClNO6S. The second-order valence-electron chi connectivity index (χ2n) is 4.23. The van der Waals surface area contributed by atoms with E-state index in [2.05, 4.69) is 4.74 Å². The van der Waals surface area contributed by atoms with Crippen molar-refractivity contribution in [2.24, 2.45) is 0 Å². The summed E-state index contributed by atoms with van der Waals surface area (Å²) < 4.78 is 30.5. The molecular weight excluding hydrogens is 322 g/mol. The zero-order valence-electron chi connectivity index (χ0n) is 11.3. The minimum absolute atomic E-state index is 0.0373. The summed E-state index contributed by atoms with van der Waals surface area (Å²) in [4.78, 5) is 21.9. The van der Waals surface area contributed by atoms with Gasteiger partial charge in [0.1, 0.15) is 10.9 Å². The molecule has 0 aliphatic rings. The summed E-state index contributed by atoms with van der Waals surface area (Å²) in [6.45, 7) is 1.73. The molecule has 0 saturated carbocycles. The van der Waals surface area contributed by atoms with Crippen molar-refractivity contribution in [3.05, 3.63) is 28.8 Å². The molecule has 1 rings (SSSR count). The molecule has 1 atom stereocenters. The van der Waals surface area contributed by atoms with Gasteiger partial charge in [0.05, 0.1) is 18.6 Å². The van der Waals surface area contributed by atoms with E-state index in [9.17, 15) is 18.0 Å². The molecule has 2 N–H and O–H groups in total. The minimum atomic E-state index is -4.18. The number of ether oxygens (including phenoxy) is 1. The first-order valence-electron chi connectivity index (χ1n) is 5.75. The van der Waals surface area contributed by atoms with E-state index in [-0.39, 0.29) is 9.92 Å². The number of carbonyl (C=O) groups is 2. The number of nitrogens with one attached hydrogen (secondary N) is 1. The van der Waals surface area contributed by atoms with Gasteiger partial charge in [-0.3, -0.25) is 9.59 Å². The molecule has 7 nitrogen and oxygen atoms in total. The fourth-order valence-corrected chi connectivity index (χ4v) is 3.29. The van der Waals surface area contributed by atoms with E-state index < -0.39 is 34.4 Å². The van der Waals surface area contributed by atoms with Crippen molar-refractivity contribution in [1.82, 2.24) is 4.72 Å². The average molecular weight is 336 g/mol. The Labute approximate surface area is 126 Å². The lowest BCUT2D eigenvalue weighted by Crippen LogP contribution is -2.42. The third kappa shape index (κ3) is 4.69. The summed E-state index contributed by atoms with van der Waals surface area (Å²) in [5.41, 5.74) is 0.753. The Hall–Kier alpha value is -1.64. The van der Waals surface area contributed by atoms with Crippen LogP contribution in [0.4, 0.5) is 0 Å². The van der Waals surface area contributed by atoms with E-state index in [1.807, 2.05) is 4.72 Å². The van der Waals surface area contributed by atoms with Crippen molar-refractivity contribution >= 4 is 33.6 Å². The van der Waals surface area contributed by atoms with E-state index in [1.54, 1.807) is 6.92 Å². The number of carboxylic acids is 1. The van der Waals surface area contributed by atoms with Crippen LogP contribution in [0.15, 0.2) is 23.1 Å². The van der Waals surface area contributed by atoms with Gasteiger partial charge < -0.3 is 9.84 Å². The maximum absolute atomic E-state index is 12.1. The summed E-state index contributed by atoms with van der Waals surface area (Å²) in [6, 6.07) is 2.58. The van der Waals surface area contributed by atoms with Gasteiger partial charge in [0.25, 0.3) is 0 Å². The summed E-state index contributed by atoms with van der Waals surface area (Å²) in [6.07, 6.45) is -0.630. The van der Waals surface area contributed by atoms with Crippen molar-refractivity contribution in [3.8, 4) is 0 Å². The number of rotatable bonds is 6. The number of benzene rings is 1. The van der Waals surface area contributed by atoms with Gasteiger partial charge in [0.2, 0.25) is 10.0 Å². The number of sulfonamides is 1. The number of methoxy groups -OCH3 is 1. The van der Waals surface area contributed by atoms with Crippen LogP contribution in [0.5, 0.6) is 0 Å². The smallest absolute Gasteiger partial charge is 0.322 e. The zero-order chi connectivity index (χ0) is 16.2. The number of hydrogen-bond acceptors (Lipinski definition) is 5. The first-order chi connectivity index (χ1) is 9.67. The van der Waals surface area contributed by atoms with Crippen LogP contribution in [0.1, 0.15) is 12.0 Å². The first kappa shape index (κ1) is 17.4. The molecule has 0 aliphatic heterocycles. The number of carboxylic acid groups (broad SMARTS) is 1. The number of aliphatic carboxylic acids is 1. The Morgan fingerprint density at radius 2 is 2.05 bits per heavy atom. The van der Waals surface area contributed by atoms with Crippen LogP contribution in [-0.4, -0.2) is 38.6 Å². The minimum Gasteiger partial charge on any atom is -0.480 e. The molecule has 0 spiro atoms. The summed E-state index contributed by atoms with van der Waals surface area (Å²) >= 11 is 5.85. The van der Waals surface area contributed by atoms with Crippen LogP contribution < -0.4 is 4.72 Å². The maximum Gasteiger partial charge on any atom is 0.322 e. The van der Waals surface area contributed by atoms with Crippen molar-refractivity contribution in [3.63, 3.8) is 0 Å². The van der Waals surface area contributed by atoms with E-state index >= 15 is 0 Å². The molecule has 0 heterocycles. The predicted octanol–water partition coefficient (Wildman–Crippen LogP) is 0.943. The lowest BCUT2D eigenvalue weighted by Gasteiger charge is -2.14. The molecule has 0 unspecified atom stereocenters. The van der Waals surface area contributed by atoms with Crippen molar-refractivity contribution in [2.75, 3.05) is 7.11 Å². The molecule has 1 aromatic carbocycles. The maximum atomic E-state index is 12.1. The highest BCUT2D eigenvalue weighted by Crippen LogP contribution is 2.22. The average Bonchev–Trinajstić information content (AvgIpc) is 2.36. The molecule has 0 aromatic heterocycles. The molecule has 9 heteroatoms. The third-order valence-electron chi connectivity index (χ3n) is 2.57. The van der Waals surface area contributed by atoms with Gasteiger partial charge >= 0.3 is 11.9 Å². The Morgan fingerprint density at radius 3 is 2.52 bits per heavy atom. The van der Waals surface area contributed by atoms with Crippen LogP contribution in [-0.2, 0) is 24.3 Å². The highest BCUT2D eigenvalue weighted by Gasteiger charge is 2.29. The van der Waals surface area contributed by atoms with Gasteiger partial charge in [-0.2, -0.15) is 4.72 Å². The summed E-state index contributed by atoms with van der Waals surface area (Å²) in [5, 5.41) is 8.94. The summed E-state index contributed by atoms with van der Waals surface area (Å²) in [5.74, 6) is -2.34. The van der Waals surface area contributed by atoms with Gasteiger partial charge in [-0.25, -0.2) is 8.42 Å². The van der Waals surface area contributed by atoms with Crippen LogP contribution >= 0.6 is 11.6 Å². The molecule has 0 bridgehead atoms. The molecule has 1 aromatic rings. The quantitative estimate of drug-likeness (QED) is 0.749. The number of carbonyl (C=O) groups excluding carboxylic acids is 1. The van der Waals surface area contributed by atoms with Crippen LogP contribution in [0, 0.1) is 6.92 Å². The Balaban J connectivity index is 3.06. The highest BCUT2D eigenvalue weighted by atomic mass is 35.5. The number of hydrogen-bond donors (Lipinski definition) is 2. The topological polar surface area (TPSA) is 110 Å². The fraction of sp³-hybridized carbons (Fsp3) is 0.333. The summed E-state index contributed by atoms with van der Waals surface area (Å²) in [7, 11) is -3.10. The van der Waals surface area contributed by atoms with Crippen molar-refractivity contribution < 1.29 is 27.9 Å². The molecule has 116 valence electrons. The SMILES string of the molecule is COC(=O)C[C@H](NS(=O)(=O)c1ccc(C)cc1Cl)C(=O)O. The van der Waals surface area contributed by atoms with Gasteiger partial charge in [-0.1, -0.05) is 17.7 Å². The van der Waals surface area contributed by atoms with E-state index in [0.717, 1.165) is 12.7 Å². The lowest BCUT2D eigenvalue weighted by atomic mass is 10.2. The largest absolute Gasteiger partial charge is 0.480 e. The number of esters is 1. The molecule has 0 fully saturated rings. The molecule has 0 amide bonds. The Kier molecular flexibility index (Phi) is 5.70. The third-order valence-corrected chi connectivity index (χ3v) is 4.53. The van der Waals surface area contributed by atoms with Gasteiger partial charge in [-0.05, 0) is 24.6 Å². The monoisotopic (exact) mass is 335 g/mol.